The van der Waals surface area contributed by atoms with Gasteiger partial charge in [-0.3, -0.25) is 14.4 Å². The summed E-state index contributed by atoms with van der Waals surface area (Å²) in [5, 5.41) is 3.51. The third-order valence-electron chi connectivity index (χ3n) is 6.50. The quantitative estimate of drug-likeness (QED) is 0.541. The number of carbonyl (C=O) groups is 3. The molecular formula is C26H27NO7. The molecule has 0 fully saturated rings. The summed E-state index contributed by atoms with van der Waals surface area (Å²) >= 11 is 0. The van der Waals surface area contributed by atoms with E-state index in [1.807, 2.05) is 13.0 Å². The summed E-state index contributed by atoms with van der Waals surface area (Å²) in [7, 11) is 1.23. The number of nitrogens with one attached hydrogen (secondary N) is 1. The van der Waals surface area contributed by atoms with Gasteiger partial charge in [-0.25, -0.2) is 4.79 Å². The summed E-state index contributed by atoms with van der Waals surface area (Å²) in [5.74, 6) is -4.16. The molecule has 0 saturated carbocycles. The molecule has 2 heterocycles. The summed E-state index contributed by atoms with van der Waals surface area (Å²) in [6, 6.07) is 5.25. The van der Waals surface area contributed by atoms with Gasteiger partial charge in [0.2, 0.25) is 0 Å². The number of ketones is 1. The molecule has 2 aliphatic rings. The van der Waals surface area contributed by atoms with Gasteiger partial charge in [-0.15, -0.1) is 0 Å². The number of methoxy groups -OCH3 is 1. The molecule has 0 amide bonds. The van der Waals surface area contributed by atoms with Gasteiger partial charge in [0.1, 0.15) is 11.5 Å². The zero-order chi connectivity index (χ0) is 24.7. The van der Waals surface area contributed by atoms with E-state index in [9.17, 15) is 19.2 Å². The van der Waals surface area contributed by atoms with Crippen LogP contribution in [0.4, 0.5) is 0 Å². The normalized spacial score (nSPS) is 22.4. The molecule has 0 spiro atoms. The number of dihydropyridines is 1. The zero-order valence-corrected chi connectivity index (χ0v) is 19.8. The van der Waals surface area contributed by atoms with Crippen molar-refractivity contribution in [3.05, 3.63) is 68.4 Å². The average molecular weight is 466 g/mol. The minimum atomic E-state index is -1.04. The third-order valence-corrected chi connectivity index (χ3v) is 6.50. The summed E-state index contributed by atoms with van der Waals surface area (Å²) < 4.78 is 15.9. The summed E-state index contributed by atoms with van der Waals surface area (Å²) in [4.78, 5) is 52.9. The topological polar surface area (TPSA) is 112 Å². The van der Waals surface area contributed by atoms with Crippen LogP contribution in [-0.4, -0.2) is 31.4 Å². The molecule has 1 aromatic carbocycles. The smallest absolute Gasteiger partial charge is 0.336 e. The molecule has 0 bridgehead atoms. The van der Waals surface area contributed by atoms with Crippen molar-refractivity contribution in [2.45, 2.75) is 40.0 Å². The van der Waals surface area contributed by atoms with Gasteiger partial charge in [0.25, 0.3) is 0 Å². The van der Waals surface area contributed by atoms with E-state index in [2.05, 4.69) is 5.32 Å². The van der Waals surface area contributed by atoms with Gasteiger partial charge in [0.15, 0.2) is 11.2 Å². The number of hydrogen-bond acceptors (Lipinski definition) is 8. The fourth-order valence-electron chi connectivity index (χ4n) is 4.93. The van der Waals surface area contributed by atoms with Gasteiger partial charge < -0.3 is 19.2 Å². The van der Waals surface area contributed by atoms with Crippen molar-refractivity contribution in [3.63, 3.8) is 0 Å². The second-order valence-electron chi connectivity index (χ2n) is 8.78. The first-order valence-electron chi connectivity index (χ1n) is 11.2. The highest BCUT2D eigenvalue weighted by atomic mass is 16.5. The first-order valence-corrected chi connectivity index (χ1v) is 11.2. The van der Waals surface area contributed by atoms with Crippen LogP contribution in [0.1, 0.15) is 44.2 Å². The molecule has 1 aliphatic heterocycles. The lowest BCUT2D eigenvalue weighted by molar-refractivity contribution is -0.151. The lowest BCUT2D eigenvalue weighted by Crippen LogP contribution is -2.44. The zero-order valence-electron chi connectivity index (χ0n) is 19.8. The molecule has 2 aromatic rings. The average Bonchev–Trinajstić information content (AvgIpc) is 2.78. The van der Waals surface area contributed by atoms with Crippen LogP contribution >= 0.6 is 0 Å². The Hall–Kier alpha value is -3.68. The Morgan fingerprint density at radius 1 is 1.21 bits per heavy atom. The molecule has 0 saturated heterocycles. The van der Waals surface area contributed by atoms with E-state index in [1.165, 1.54) is 13.4 Å². The minimum absolute atomic E-state index is 0.121. The van der Waals surface area contributed by atoms with Gasteiger partial charge in [0, 0.05) is 22.5 Å². The lowest BCUT2D eigenvalue weighted by atomic mass is 9.69. The summed E-state index contributed by atoms with van der Waals surface area (Å²) in [6.07, 6.45) is 1.67. The Balaban J connectivity index is 1.99. The second-order valence-corrected chi connectivity index (χ2v) is 8.78. The Kier molecular flexibility index (Phi) is 6.17. The number of rotatable bonds is 4. The van der Waals surface area contributed by atoms with Crippen molar-refractivity contribution in [3.8, 4) is 0 Å². The van der Waals surface area contributed by atoms with Crippen molar-refractivity contribution in [1.29, 1.82) is 0 Å². The highest BCUT2D eigenvalue weighted by molar-refractivity contribution is 6.12. The fraction of sp³-hybridized carbons (Fsp3) is 0.385. The van der Waals surface area contributed by atoms with Crippen LogP contribution in [0.3, 0.4) is 0 Å². The van der Waals surface area contributed by atoms with Gasteiger partial charge in [0.05, 0.1) is 36.9 Å². The lowest BCUT2D eigenvalue weighted by Gasteiger charge is -2.37. The van der Waals surface area contributed by atoms with E-state index in [0.717, 1.165) is 5.56 Å². The van der Waals surface area contributed by atoms with Crippen LogP contribution in [-0.2, 0) is 23.9 Å². The molecule has 1 N–H and O–H groups in total. The van der Waals surface area contributed by atoms with Crippen molar-refractivity contribution >= 4 is 28.7 Å². The number of allylic oxidation sites excluding steroid dienone is 3. The monoisotopic (exact) mass is 465 g/mol. The first kappa shape index (κ1) is 23.5. The van der Waals surface area contributed by atoms with Crippen LogP contribution in [0.25, 0.3) is 11.0 Å². The largest absolute Gasteiger partial charge is 0.468 e. The Labute approximate surface area is 196 Å². The predicted octanol–water partition coefficient (Wildman–Crippen LogP) is 3.28. The van der Waals surface area contributed by atoms with Crippen LogP contribution in [0.5, 0.6) is 0 Å². The number of carbonyl (C=O) groups excluding carboxylic acids is 3. The minimum Gasteiger partial charge on any atom is -0.468 e. The van der Waals surface area contributed by atoms with E-state index < -0.39 is 29.6 Å². The molecule has 4 rings (SSSR count). The van der Waals surface area contributed by atoms with Crippen molar-refractivity contribution in [2.24, 2.45) is 11.8 Å². The van der Waals surface area contributed by atoms with Crippen molar-refractivity contribution < 1.29 is 28.3 Å². The molecule has 34 heavy (non-hydrogen) atoms. The van der Waals surface area contributed by atoms with E-state index in [1.54, 1.807) is 32.9 Å². The molecule has 1 aromatic heterocycles. The molecule has 8 nitrogen and oxygen atoms in total. The summed E-state index contributed by atoms with van der Waals surface area (Å²) in [6.45, 7) is 7.16. The van der Waals surface area contributed by atoms with E-state index in [4.69, 9.17) is 13.9 Å². The maximum atomic E-state index is 13.7. The molecular weight excluding hydrogens is 438 g/mol. The maximum absolute atomic E-state index is 13.7. The Morgan fingerprint density at radius 3 is 2.62 bits per heavy atom. The number of fused-ring (bicyclic) bond motifs is 1. The second kappa shape index (κ2) is 8.93. The number of benzene rings is 1. The first-order chi connectivity index (χ1) is 16.2. The molecule has 178 valence electrons. The number of esters is 2. The van der Waals surface area contributed by atoms with Crippen molar-refractivity contribution in [2.75, 3.05) is 13.7 Å². The van der Waals surface area contributed by atoms with Gasteiger partial charge >= 0.3 is 11.9 Å². The van der Waals surface area contributed by atoms with Crippen LogP contribution in [0, 0.1) is 18.8 Å². The highest BCUT2D eigenvalue weighted by Gasteiger charge is 2.48. The van der Waals surface area contributed by atoms with Crippen molar-refractivity contribution in [1.82, 2.24) is 5.32 Å². The SMILES string of the molecule is CCOC(=O)C1=C(C)NC2=C(C(=O)[C@H](C(=O)OC)[C@@H](C)C2)[C@H]1c1coc2ccc(C)cc2c1=O. The summed E-state index contributed by atoms with van der Waals surface area (Å²) in [5.41, 5.74) is 2.47. The van der Waals surface area contributed by atoms with Crippen LogP contribution < -0.4 is 10.7 Å². The fourth-order valence-corrected chi connectivity index (χ4v) is 4.93. The number of hydrogen-bond donors (Lipinski definition) is 1. The van der Waals surface area contributed by atoms with E-state index in [0.29, 0.717) is 28.8 Å². The molecule has 0 radical (unpaired) electrons. The van der Waals surface area contributed by atoms with Gasteiger partial charge in [-0.1, -0.05) is 18.6 Å². The van der Waals surface area contributed by atoms with Gasteiger partial charge in [-0.2, -0.15) is 0 Å². The molecule has 1 aliphatic carbocycles. The standard InChI is InChI=1S/C26H27NO7/c1-6-33-26(31)20-14(4)27-17-10-13(3)19(25(30)32-5)24(29)22(17)21(20)16-11-34-18-8-7-12(2)9-15(18)23(16)28/h7-9,11,13,19,21,27H,6,10H2,1-5H3/t13-,19+,21-/m0/s1. The van der Waals surface area contributed by atoms with E-state index >= 15 is 0 Å². The number of Topliss-reactive ketones (excluding diaryl/α,β-unsaturated/α-hetero) is 1. The highest BCUT2D eigenvalue weighted by Crippen LogP contribution is 2.45. The number of ether oxygens (including phenoxy) is 2. The number of aryl methyl sites for hydroxylation is 1. The maximum Gasteiger partial charge on any atom is 0.336 e. The predicted molar refractivity (Wildman–Crippen MR) is 124 cm³/mol. The van der Waals surface area contributed by atoms with E-state index in [-0.39, 0.29) is 34.7 Å². The molecule has 0 unspecified atom stereocenters. The van der Waals surface area contributed by atoms with Gasteiger partial charge in [-0.05, 0) is 45.2 Å². The van der Waals surface area contributed by atoms with Crippen LogP contribution in [0.2, 0.25) is 0 Å². The van der Waals surface area contributed by atoms with Crippen LogP contribution in [0.15, 0.2) is 56.2 Å². The third kappa shape index (κ3) is 3.73. The Bertz CT molecular complexity index is 1330. The Morgan fingerprint density at radius 2 is 1.94 bits per heavy atom. The molecule has 8 heteroatoms. The molecule has 3 atom stereocenters.